The van der Waals surface area contributed by atoms with Crippen molar-refractivity contribution >= 4 is 17.2 Å². The van der Waals surface area contributed by atoms with E-state index in [9.17, 15) is 4.79 Å². The van der Waals surface area contributed by atoms with Gasteiger partial charge in [0.2, 0.25) is 0 Å². The molecule has 170 valence electrons. The number of carbonyl (C=O) groups is 1. The number of nitrogens with zero attached hydrogens (tertiary/aromatic N) is 1. The minimum absolute atomic E-state index is 0.0489. The van der Waals surface area contributed by atoms with Gasteiger partial charge in [0, 0.05) is 19.6 Å². The van der Waals surface area contributed by atoms with Crippen LogP contribution in [0.25, 0.3) is 11.1 Å². The normalized spacial score (nSPS) is 14.4. The summed E-state index contributed by atoms with van der Waals surface area (Å²) in [5, 5.41) is 3.16. The highest BCUT2D eigenvalue weighted by atomic mass is 16.5. The third kappa shape index (κ3) is 5.83. The molecule has 1 saturated heterocycles. The van der Waals surface area contributed by atoms with Crippen molar-refractivity contribution in [2.45, 2.75) is 25.7 Å². The Hall–Kier alpha value is -3.53. The highest BCUT2D eigenvalue weighted by Crippen LogP contribution is 2.35. The van der Waals surface area contributed by atoms with Crippen LogP contribution >= 0.6 is 0 Å². The summed E-state index contributed by atoms with van der Waals surface area (Å²) in [4.78, 5) is 14.6. The fraction of sp³-hybridized carbons (Fsp3) is 0.276. The van der Waals surface area contributed by atoms with Crippen molar-refractivity contribution in [3.63, 3.8) is 0 Å². The van der Waals surface area contributed by atoms with Crippen LogP contribution in [-0.4, -0.2) is 37.7 Å². The predicted molar refractivity (Wildman–Crippen MR) is 135 cm³/mol. The smallest absolute Gasteiger partial charge is 0.317 e. The van der Waals surface area contributed by atoms with E-state index in [0.717, 1.165) is 49.2 Å². The Morgan fingerprint density at radius 2 is 1.36 bits per heavy atom. The number of nitrogens with one attached hydrogen (secondary N) is 1. The number of carbonyl (C=O) groups excluding carboxylic acids is 1. The maximum Gasteiger partial charge on any atom is 0.317 e. The van der Waals surface area contributed by atoms with E-state index in [0.29, 0.717) is 6.54 Å². The molecule has 1 aliphatic rings. The predicted octanol–water partition coefficient (Wildman–Crippen LogP) is 6.24. The molecule has 0 radical (unpaired) electrons. The van der Waals surface area contributed by atoms with Gasteiger partial charge >= 0.3 is 6.03 Å². The number of rotatable bonds is 7. The zero-order chi connectivity index (χ0) is 22.9. The first kappa shape index (κ1) is 22.7. The summed E-state index contributed by atoms with van der Waals surface area (Å²) < 4.78 is 5.38. The minimum atomic E-state index is 0.0489. The van der Waals surface area contributed by atoms with Gasteiger partial charge in [0.05, 0.1) is 7.11 Å². The van der Waals surface area contributed by atoms with Crippen molar-refractivity contribution in [2.24, 2.45) is 0 Å². The van der Waals surface area contributed by atoms with E-state index in [4.69, 9.17) is 4.74 Å². The molecule has 0 bridgehead atoms. The molecule has 2 amide bonds. The Labute approximate surface area is 196 Å². The fourth-order valence-corrected chi connectivity index (χ4v) is 4.43. The van der Waals surface area contributed by atoms with Crippen LogP contribution in [-0.2, 0) is 0 Å². The van der Waals surface area contributed by atoms with Crippen molar-refractivity contribution in [1.82, 2.24) is 10.2 Å². The van der Waals surface area contributed by atoms with Gasteiger partial charge < -0.3 is 15.0 Å². The first-order valence-electron chi connectivity index (χ1n) is 11.8. The van der Waals surface area contributed by atoms with Gasteiger partial charge in [-0.3, -0.25) is 0 Å². The number of hydrogen-bond acceptors (Lipinski definition) is 2. The Bertz CT molecular complexity index is 1050. The maximum absolute atomic E-state index is 12.7. The standard InChI is InChI=1S/C29H32N2O2/c1-33-26-17-15-25(16-18-26)28(24-13-7-3-8-14-24)27(23-11-5-2-6-12-23)19-20-30-29(32)31-21-9-4-10-22-31/h2-3,5-8,11-18H,4,9-10,19-22H2,1H3,(H,30,32). The zero-order valence-electron chi connectivity index (χ0n) is 19.3. The third-order valence-corrected chi connectivity index (χ3v) is 6.16. The molecule has 0 unspecified atom stereocenters. The molecule has 0 saturated carbocycles. The zero-order valence-corrected chi connectivity index (χ0v) is 19.3. The highest BCUT2D eigenvalue weighted by Gasteiger charge is 2.18. The first-order valence-corrected chi connectivity index (χ1v) is 11.8. The highest BCUT2D eigenvalue weighted by molar-refractivity contribution is 5.98. The summed E-state index contributed by atoms with van der Waals surface area (Å²) in [5.41, 5.74) is 5.84. The Morgan fingerprint density at radius 1 is 0.788 bits per heavy atom. The van der Waals surface area contributed by atoms with Gasteiger partial charge in [0.25, 0.3) is 0 Å². The largest absolute Gasteiger partial charge is 0.497 e. The van der Waals surface area contributed by atoms with Gasteiger partial charge in [0.15, 0.2) is 0 Å². The molecular formula is C29H32N2O2. The van der Waals surface area contributed by atoms with E-state index >= 15 is 0 Å². The molecule has 4 nitrogen and oxygen atoms in total. The van der Waals surface area contributed by atoms with Crippen LogP contribution in [0.3, 0.4) is 0 Å². The minimum Gasteiger partial charge on any atom is -0.497 e. The van der Waals surface area contributed by atoms with E-state index in [1.165, 1.54) is 23.1 Å². The van der Waals surface area contributed by atoms with Gasteiger partial charge in [0.1, 0.15) is 5.75 Å². The fourth-order valence-electron chi connectivity index (χ4n) is 4.43. The van der Waals surface area contributed by atoms with E-state index in [-0.39, 0.29) is 6.03 Å². The van der Waals surface area contributed by atoms with Gasteiger partial charge in [-0.2, -0.15) is 0 Å². The second-order valence-corrected chi connectivity index (χ2v) is 8.34. The average Bonchev–Trinajstić information content (AvgIpc) is 2.90. The van der Waals surface area contributed by atoms with Crippen LogP contribution in [0.1, 0.15) is 42.4 Å². The molecule has 1 aliphatic heterocycles. The Balaban J connectivity index is 1.69. The SMILES string of the molecule is COc1ccc(C(=C(CCNC(=O)N2CCCCC2)c2ccccc2)c2ccccc2)cc1. The van der Waals surface area contributed by atoms with Crippen LogP contribution in [0, 0.1) is 0 Å². The summed E-state index contributed by atoms with van der Waals surface area (Å²) in [6.07, 6.45) is 4.14. The molecule has 1 N–H and O–H groups in total. The molecule has 0 atom stereocenters. The van der Waals surface area contributed by atoms with Crippen LogP contribution in [0.4, 0.5) is 4.79 Å². The van der Waals surface area contributed by atoms with Gasteiger partial charge in [-0.25, -0.2) is 4.79 Å². The summed E-state index contributed by atoms with van der Waals surface area (Å²) in [7, 11) is 1.68. The lowest BCUT2D eigenvalue weighted by Gasteiger charge is -2.27. The van der Waals surface area contributed by atoms with E-state index < -0.39 is 0 Å². The summed E-state index contributed by atoms with van der Waals surface area (Å²) in [6, 6.07) is 29.2. The number of benzene rings is 3. The molecule has 3 aromatic carbocycles. The molecule has 33 heavy (non-hydrogen) atoms. The van der Waals surface area contributed by atoms with Crippen molar-refractivity contribution in [3.8, 4) is 5.75 Å². The second-order valence-electron chi connectivity index (χ2n) is 8.34. The molecular weight excluding hydrogens is 408 g/mol. The van der Waals surface area contributed by atoms with E-state index in [2.05, 4.69) is 66.0 Å². The second kappa shape index (κ2) is 11.4. The Morgan fingerprint density at radius 3 is 1.97 bits per heavy atom. The molecule has 4 heteroatoms. The third-order valence-electron chi connectivity index (χ3n) is 6.16. The number of piperidine rings is 1. The molecule has 0 aromatic heterocycles. The molecule has 4 rings (SSSR count). The van der Waals surface area contributed by atoms with Crippen LogP contribution < -0.4 is 10.1 Å². The molecule has 1 fully saturated rings. The number of likely N-dealkylation sites (tertiary alicyclic amines) is 1. The van der Waals surface area contributed by atoms with Crippen LogP contribution in [0.5, 0.6) is 5.75 Å². The molecule has 1 heterocycles. The Kier molecular flexibility index (Phi) is 7.81. The van der Waals surface area contributed by atoms with Gasteiger partial charge in [-0.05, 0) is 65.7 Å². The monoisotopic (exact) mass is 440 g/mol. The van der Waals surface area contributed by atoms with Crippen molar-refractivity contribution < 1.29 is 9.53 Å². The molecule has 3 aromatic rings. The lowest BCUT2D eigenvalue weighted by atomic mass is 9.88. The maximum atomic E-state index is 12.7. The number of ether oxygens (including phenoxy) is 1. The van der Waals surface area contributed by atoms with E-state index in [1.54, 1.807) is 7.11 Å². The quantitative estimate of drug-likeness (QED) is 0.442. The van der Waals surface area contributed by atoms with Crippen LogP contribution in [0.15, 0.2) is 84.9 Å². The van der Waals surface area contributed by atoms with Crippen molar-refractivity contribution in [2.75, 3.05) is 26.7 Å². The van der Waals surface area contributed by atoms with Crippen molar-refractivity contribution in [1.29, 1.82) is 0 Å². The molecule has 0 spiro atoms. The first-order chi connectivity index (χ1) is 16.3. The molecule has 0 aliphatic carbocycles. The van der Waals surface area contributed by atoms with E-state index in [1.807, 2.05) is 29.2 Å². The number of methoxy groups -OCH3 is 1. The summed E-state index contributed by atoms with van der Waals surface area (Å²) in [5.74, 6) is 0.834. The van der Waals surface area contributed by atoms with Crippen LogP contribution in [0.2, 0.25) is 0 Å². The lowest BCUT2D eigenvalue weighted by molar-refractivity contribution is 0.187. The van der Waals surface area contributed by atoms with Crippen molar-refractivity contribution in [3.05, 3.63) is 102 Å². The van der Waals surface area contributed by atoms with Gasteiger partial charge in [-0.15, -0.1) is 0 Å². The average molecular weight is 441 g/mol. The number of amides is 2. The summed E-state index contributed by atoms with van der Waals surface area (Å²) in [6.45, 7) is 2.30. The number of hydrogen-bond donors (Lipinski definition) is 1. The number of urea groups is 1. The topological polar surface area (TPSA) is 41.6 Å². The summed E-state index contributed by atoms with van der Waals surface area (Å²) >= 11 is 0. The van der Waals surface area contributed by atoms with Gasteiger partial charge in [-0.1, -0.05) is 72.8 Å². The lowest BCUT2D eigenvalue weighted by Crippen LogP contribution is -2.43.